The Kier molecular flexibility index (Phi) is 4.33. The van der Waals surface area contributed by atoms with Crippen molar-refractivity contribution < 1.29 is 9.84 Å². The molecule has 0 spiro atoms. The van der Waals surface area contributed by atoms with Crippen LogP contribution in [0.2, 0.25) is 0 Å². The van der Waals surface area contributed by atoms with Crippen molar-refractivity contribution in [3.8, 4) is 22.6 Å². The van der Waals surface area contributed by atoms with Gasteiger partial charge in [0.25, 0.3) is 0 Å². The average Bonchev–Trinajstić information content (AvgIpc) is 2.53. The number of aromatic hydroxyl groups is 1. The van der Waals surface area contributed by atoms with Crippen molar-refractivity contribution in [3.05, 3.63) is 83.4 Å². The predicted octanol–water partition coefficient (Wildman–Crippen LogP) is 5.26. The van der Waals surface area contributed by atoms with E-state index in [2.05, 4.69) is 18.2 Å². The SMILES string of the molecule is Cc1cc(O)cc(C)c1-c1cccc(COc2ccccc2)c1. The summed E-state index contributed by atoms with van der Waals surface area (Å²) in [6.07, 6.45) is 0. The number of ether oxygens (including phenoxy) is 1. The van der Waals surface area contributed by atoms with E-state index >= 15 is 0 Å². The zero-order valence-electron chi connectivity index (χ0n) is 13.4. The van der Waals surface area contributed by atoms with Crippen molar-refractivity contribution in [2.45, 2.75) is 20.5 Å². The fraction of sp³-hybridized carbons (Fsp3) is 0.143. The Labute approximate surface area is 137 Å². The Morgan fingerprint density at radius 2 is 1.52 bits per heavy atom. The van der Waals surface area contributed by atoms with Crippen molar-refractivity contribution in [1.82, 2.24) is 0 Å². The highest BCUT2D eigenvalue weighted by Crippen LogP contribution is 2.31. The lowest BCUT2D eigenvalue weighted by Crippen LogP contribution is -1.96. The maximum atomic E-state index is 9.71. The minimum absolute atomic E-state index is 0.312. The van der Waals surface area contributed by atoms with E-state index in [0.29, 0.717) is 12.4 Å². The van der Waals surface area contributed by atoms with Gasteiger partial charge in [0.05, 0.1) is 0 Å². The minimum atomic E-state index is 0.312. The molecule has 0 aromatic heterocycles. The van der Waals surface area contributed by atoms with Crippen molar-refractivity contribution >= 4 is 0 Å². The van der Waals surface area contributed by atoms with Crippen LogP contribution in [0.1, 0.15) is 16.7 Å². The highest BCUT2D eigenvalue weighted by atomic mass is 16.5. The second-order valence-electron chi connectivity index (χ2n) is 5.76. The van der Waals surface area contributed by atoms with E-state index in [4.69, 9.17) is 4.74 Å². The second-order valence-corrected chi connectivity index (χ2v) is 5.76. The lowest BCUT2D eigenvalue weighted by Gasteiger charge is -2.13. The van der Waals surface area contributed by atoms with Crippen LogP contribution in [0.3, 0.4) is 0 Å². The van der Waals surface area contributed by atoms with E-state index in [9.17, 15) is 5.11 Å². The summed E-state index contributed by atoms with van der Waals surface area (Å²) in [6, 6.07) is 21.8. The molecule has 0 radical (unpaired) electrons. The molecule has 1 N–H and O–H groups in total. The highest BCUT2D eigenvalue weighted by Gasteiger charge is 2.08. The van der Waals surface area contributed by atoms with Gasteiger partial charge in [-0.15, -0.1) is 0 Å². The molecule has 116 valence electrons. The molecule has 0 saturated heterocycles. The Bertz CT molecular complexity index is 784. The molecule has 3 aromatic carbocycles. The Morgan fingerprint density at radius 1 is 0.826 bits per heavy atom. The lowest BCUT2D eigenvalue weighted by molar-refractivity contribution is 0.306. The molecular weight excluding hydrogens is 284 g/mol. The number of phenolic OH excluding ortho intramolecular Hbond substituents is 1. The van der Waals surface area contributed by atoms with Crippen LogP contribution in [0.15, 0.2) is 66.7 Å². The normalized spacial score (nSPS) is 10.5. The summed E-state index contributed by atoms with van der Waals surface area (Å²) in [7, 11) is 0. The Hall–Kier alpha value is -2.74. The van der Waals surface area contributed by atoms with Crippen LogP contribution in [0.5, 0.6) is 11.5 Å². The van der Waals surface area contributed by atoms with Crippen LogP contribution in [0.4, 0.5) is 0 Å². The van der Waals surface area contributed by atoms with Crippen LogP contribution in [-0.2, 0) is 6.61 Å². The summed E-state index contributed by atoms with van der Waals surface area (Å²) >= 11 is 0. The zero-order valence-corrected chi connectivity index (χ0v) is 13.4. The van der Waals surface area contributed by atoms with Crippen LogP contribution < -0.4 is 4.74 Å². The molecule has 3 rings (SSSR count). The fourth-order valence-electron chi connectivity index (χ4n) is 2.90. The molecule has 2 heteroatoms. The molecule has 3 aromatic rings. The Morgan fingerprint density at radius 3 is 2.22 bits per heavy atom. The van der Waals surface area contributed by atoms with Crippen LogP contribution >= 0.6 is 0 Å². The van der Waals surface area contributed by atoms with Gasteiger partial charge < -0.3 is 9.84 Å². The standard InChI is InChI=1S/C21H20O2/c1-15-11-19(22)12-16(2)21(15)18-8-6-7-17(13-18)14-23-20-9-4-3-5-10-20/h3-13,22H,14H2,1-2H3. The van der Waals surface area contributed by atoms with Gasteiger partial charge in [-0.2, -0.15) is 0 Å². The number of aryl methyl sites for hydroxylation is 2. The number of phenols is 1. The lowest BCUT2D eigenvalue weighted by atomic mass is 9.94. The molecule has 0 saturated carbocycles. The van der Waals surface area contributed by atoms with Crippen LogP contribution in [0, 0.1) is 13.8 Å². The van der Waals surface area contributed by atoms with Gasteiger partial charge in [0.1, 0.15) is 18.1 Å². The summed E-state index contributed by atoms with van der Waals surface area (Å²) in [4.78, 5) is 0. The van der Waals surface area contributed by atoms with E-state index in [1.165, 1.54) is 5.56 Å². The molecule has 0 aliphatic heterocycles. The molecule has 2 nitrogen and oxygen atoms in total. The molecule has 0 aliphatic carbocycles. The minimum Gasteiger partial charge on any atom is -0.508 e. The van der Waals surface area contributed by atoms with E-state index in [1.807, 2.05) is 50.2 Å². The number of rotatable bonds is 4. The molecule has 0 fully saturated rings. The van der Waals surface area contributed by atoms with Gasteiger partial charge in [0.2, 0.25) is 0 Å². The van der Waals surface area contributed by atoms with Gasteiger partial charge >= 0.3 is 0 Å². The monoisotopic (exact) mass is 304 g/mol. The average molecular weight is 304 g/mol. The fourth-order valence-corrected chi connectivity index (χ4v) is 2.90. The molecule has 0 unspecified atom stereocenters. The van der Waals surface area contributed by atoms with Gasteiger partial charge in [0, 0.05) is 0 Å². The van der Waals surface area contributed by atoms with Gasteiger partial charge in [-0.05, 0) is 72.0 Å². The molecule has 0 amide bonds. The third kappa shape index (κ3) is 3.54. The van der Waals surface area contributed by atoms with Crippen molar-refractivity contribution in [1.29, 1.82) is 0 Å². The van der Waals surface area contributed by atoms with E-state index in [0.717, 1.165) is 28.0 Å². The Balaban J connectivity index is 1.86. The van der Waals surface area contributed by atoms with E-state index < -0.39 is 0 Å². The summed E-state index contributed by atoms with van der Waals surface area (Å²) < 4.78 is 5.82. The third-order valence-corrected chi connectivity index (χ3v) is 3.88. The highest BCUT2D eigenvalue weighted by molar-refractivity contribution is 5.72. The van der Waals surface area contributed by atoms with Crippen molar-refractivity contribution in [3.63, 3.8) is 0 Å². The van der Waals surface area contributed by atoms with Gasteiger partial charge in [-0.1, -0.05) is 36.4 Å². The molecular formula is C21H20O2. The number of hydrogen-bond acceptors (Lipinski definition) is 2. The molecule has 23 heavy (non-hydrogen) atoms. The van der Waals surface area contributed by atoms with Crippen LogP contribution in [0.25, 0.3) is 11.1 Å². The zero-order chi connectivity index (χ0) is 16.2. The van der Waals surface area contributed by atoms with E-state index in [1.54, 1.807) is 12.1 Å². The van der Waals surface area contributed by atoms with Gasteiger partial charge in [-0.25, -0.2) is 0 Å². The van der Waals surface area contributed by atoms with Crippen LogP contribution in [-0.4, -0.2) is 5.11 Å². The maximum absolute atomic E-state index is 9.71. The number of para-hydroxylation sites is 1. The first-order valence-electron chi connectivity index (χ1n) is 7.71. The maximum Gasteiger partial charge on any atom is 0.119 e. The van der Waals surface area contributed by atoms with Crippen molar-refractivity contribution in [2.75, 3.05) is 0 Å². The third-order valence-electron chi connectivity index (χ3n) is 3.88. The van der Waals surface area contributed by atoms with Crippen molar-refractivity contribution in [2.24, 2.45) is 0 Å². The second kappa shape index (κ2) is 6.57. The first kappa shape index (κ1) is 15.2. The first-order chi connectivity index (χ1) is 11.1. The topological polar surface area (TPSA) is 29.5 Å². The molecule has 0 bridgehead atoms. The smallest absolute Gasteiger partial charge is 0.119 e. The van der Waals surface area contributed by atoms with Gasteiger partial charge in [-0.3, -0.25) is 0 Å². The number of benzene rings is 3. The van der Waals surface area contributed by atoms with E-state index in [-0.39, 0.29) is 0 Å². The quantitative estimate of drug-likeness (QED) is 0.713. The summed E-state index contributed by atoms with van der Waals surface area (Å²) in [5.41, 5.74) is 5.59. The largest absolute Gasteiger partial charge is 0.508 e. The summed E-state index contributed by atoms with van der Waals surface area (Å²) in [6.45, 7) is 4.58. The molecule has 0 aliphatic rings. The number of hydrogen-bond donors (Lipinski definition) is 1. The predicted molar refractivity (Wildman–Crippen MR) is 93.8 cm³/mol. The van der Waals surface area contributed by atoms with Gasteiger partial charge in [0.15, 0.2) is 0 Å². The summed E-state index contributed by atoms with van der Waals surface area (Å²) in [5, 5.41) is 9.71. The molecule has 0 heterocycles. The summed E-state index contributed by atoms with van der Waals surface area (Å²) in [5.74, 6) is 1.18. The molecule has 0 atom stereocenters. The first-order valence-corrected chi connectivity index (χ1v) is 7.71.